The second-order valence-corrected chi connectivity index (χ2v) is 8.22. The smallest absolute Gasteiger partial charge is 0.243 e. The molecule has 2 aromatic carbocycles. The number of nitrogens with one attached hydrogen (secondary N) is 1. The quantitative estimate of drug-likeness (QED) is 0.664. The Labute approximate surface area is 170 Å². The molecule has 0 fully saturated rings. The van der Waals surface area contributed by atoms with Crippen LogP contribution in [0, 0.1) is 0 Å². The van der Waals surface area contributed by atoms with Crippen molar-refractivity contribution in [2.75, 3.05) is 32.1 Å². The predicted molar refractivity (Wildman–Crippen MR) is 109 cm³/mol. The highest BCUT2D eigenvalue weighted by molar-refractivity contribution is 7.89. The van der Waals surface area contributed by atoms with Crippen LogP contribution in [0.3, 0.4) is 0 Å². The van der Waals surface area contributed by atoms with Gasteiger partial charge in [0, 0.05) is 7.05 Å². The van der Waals surface area contributed by atoms with Crippen molar-refractivity contribution in [1.29, 1.82) is 0 Å². The van der Waals surface area contributed by atoms with Crippen LogP contribution in [0.25, 0.3) is 0 Å². The summed E-state index contributed by atoms with van der Waals surface area (Å²) >= 11 is 6.08. The van der Waals surface area contributed by atoms with Crippen LogP contribution in [0.1, 0.15) is 13.8 Å². The molecule has 0 aliphatic heterocycles. The highest BCUT2D eigenvalue weighted by Crippen LogP contribution is 2.28. The van der Waals surface area contributed by atoms with Crippen LogP contribution in [0.4, 0.5) is 5.69 Å². The summed E-state index contributed by atoms with van der Waals surface area (Å²) in [6.07, 6.45) is 0. The SMILES string of the molecule is CCOc1ccc(S(=O)(=O)N(C)CC(=O)Nc2ccccc2OCC)cc1Cl. The molecule has 0 saturated heterocycles. The lowest BCUT2D eigenvalue weighted by Crippen LogP contribution is -2.35. The van der Waals surface area contributed by atoms with Crippen molar-refractivity contribution in [2.45, 2.75) is 18.7 Å². The summed E-state index contributed by atoms with van der Waals surface area (Å²) in [6, 6.07) is 11.1. The van der Waals surface area contributed by atoms with Crippen molar-refractivity contribution in [2.24, 2.45) is 0 Å². The molecule has 2 aromatic rings. The molecule has 152 valence electrons. The van der Waals surface area contributed by atoms with Crippen LogP contribution < -0.4 is 14.8 Å². The number of sulfonamides is 1. The van der Waals surface area contributed by atoms with Crippen LogP contribution in [0.15, 0.2) is 47.4 Å². The molecule has 0 spiro atoms. The Bertz CT molecular complexity index is 934. The van der Waals surface area contributed by atoms with Gasteiger partial charge in [0.25, 0.3) is 0 Å². The van der Waals surface area contributed by atoms with Gasteiger partial charge in [0.15, 0.2) is 0 Å². The second kappa shape index (κ2) is 9.77. The van der Waals surface area contributed by atoms with E-state index in [9.17, 15) is 13.2 Å². The number of carbonyl (C=O) groups is 1. The molecular formula is C19H23ClN2O5S. The van der Waals surface area contributed by atoms with Crippen molar-refractivity contribution < 1.29 is 22.7 Å². The van der Waals surface area contributed by atoms with Crippen LogP contribution >= 0.6 is 11.6 Å². The van der Waals surface area contributed by atoms with Gasteiger partial charge in [-0.3, -0.25) is 4.79 Å². The molecule has 2 rings (SSSR count). The minimum absolute atomic E-state index is 0.0223. The molecule has 0 heterocycles. The number of benzene rings is 2. The van der Waals surface area contributed by atoms with E-state index in [0.717, 1.165) is 4.31 Å². The van der Waals surface area contributed by atoms with E-state index in [1.165, 1.54) is 25.2 Å². The second-order valence-electron chi connectivity index (χ2n) is 5.76. The number of ether oxygens (including phenoxy) is 2. The monoisotopic (exact) mass is 426 g/mol. The number of amides is 1. The largest absolute Gasteiger partial charge is 0.492 e. The van der Waals surface area contributed by atoms with E-state index in [1.54, 1.807) is 31.2 Å². The van der Waals surface area contributed by atoms with Crippen LogP contribution in [0.5, 0.6) is 11.5 Å². The average molecular weight is 427 g/mol. The Balaban J connectivity index is 2.12. The van der Waals surface area contributed by atoms with E-state index in [2.05, 4.69) is 5.32 Å². The topological polar surface area (TPSA) is 84.9 Å². The normalized spacial score (nSPS) is 11.3. The molecule has 0 aliphatic carbocycles. The molecule has 0 aliphatic rings. The zero-order chi connectivity index (χ0) is 20.7. The van der Waals surface area contributed by atoms with Crippen molar-refractivity contribution in [3.8, 4) is 11.5 Å². The summed E-state index contributed by atoms with van der Waals surface area (Å²) in [5.74, 6) is 0.425. The maximum Gasteiger partial charge on any atom is 0.243 e. The van der Waals surface area contributed by atoms with Crippen LogP contribution in [0.2, 0.25) is 5.02 Å². The third-order valence-electron chi connectivity index (χ3n) is 3.74. The fourth-order valence-electron chi connectivity index (χ4n) is 2.42. The summed E-state index contributed by atoms with van der Waals surface area (Å²) < 4.78 is 37.2. The molecule has 0 bridgehead atoms. The molecule has 28 heavy (non-hydrogen) atoms. The Morgan fingerprint density at radius 2 is 1.71 bits per heavy atom. The molecule has 0 saturated carbocycles. The van der Waals surface area contributed by atoms with E-state index in [-0.39, 0.29) is 16.5 Å². The summed E-state index contributed by atoms with van der Waals surface area (Å²) in [5, 5.41) is 2.86. The van der Waals surface area contributed by atoms with E-state index in [4.69, 9.17) is 21.1 Å². The van der Waals surface area contributed by atoms with Gasteiger partial charge in [0.05, 0.1) is 35.4 Å². The predicted octanol–water partition coefficient (Wildman–Crippen LogP) is 3.40. The Hall–Kier alpha value is -2.29. The molecule has 0 atom stereocenters. The minimum atomic E-state index is -3.90. The lowest BCUT2D eigenvalue weighted by atomic mass is 10.3. The van der Waals surface area contributed by atoms with Crippen LogP contribution in [-0.4, -0.2) is 45.4 Å². The fraction of sp³-hybridized carbons (Fsp3) is 0.316. The van der Waals surface area contributed by atoms with Gasteiger partial charge in [0.2, 0.25) is 15.9 Å². The van der Waals surface area contributed by atoms with Gasteiger partial charge in [-0.05, 0) is 44.2 Å². The lowest BCUT2D eigenvalue weighted by molar-refractivity contribution is -0.116. The van der Waals surface area contributed by atoms with Gasteiger partial charge >= 0.3 is 0 Å². The first-order valence-corrected chi connectivity index (χ1v) is 10.5. The number of nitrogens with zero attached hydrogens (tertiary/aromatic N) is 1. The summed E-state index contributed by atoms with van der Waals surface area (Å²) in [6.45, 7) is 4.13. The van der Waals surface area contributed by atoms with E-state index >= 15 is 0 Å². The maximum atomic E-state index is 12.7. The molecule has 1 amide bonds. The fourth-order valence-corrected chi connectivity index (χ4v) is 3.88. The molecule has 7 nitrogen and oxygen atoms in total. The van der Waals surface area contributed by atoms with Gasteiger partial charge in [-0.1, -0.05) is 23.7 Å². The maximum absolute atomic E-state index is 12.7. The molecule has 0 aromatic heterocycles. The zero-order valence-electron chi connectivity index (χ0n) is 15.9. The highest BCUT2D eigenvalue weighted by atomic mass is 35.5. The Morgan fingerprint density at radius 3 is 2.36 bits per heavy atom. The number of carbonyl (C=O) groups excluding carboxylic acids is 1. The van der Waals surface area contributed by atoms with Gasteiger partial charge in [-0.2, -0.15) is 4.31 Å². The molecule has 0 unspecified atom stereocenters. The number of rotatable bonds is 9. The average Bonchev–Trinajstić information content (AvgIpc) is 2.65. The van der Waals surface area contributed by atoms with Crippen molar-refractivity contribution in [3.05, 3.63) is 47.5 Å². The van der Waals surface area contributed by atoms with Crippen molar-refractivity contribution in [3.63, 3.8) is 0 Å². The van der Waals surface area contributed by atoms with Crippen LogP contribution in [-0.2, 0) is 14.8 Å². The first kappa shape index (κ1) is 22.0. The standard InChI is InChI=1S/C19H23ClN2O5S/c1-4-26-17-11-10-14(12-15(17)20)28(24,25)22(3)13-19(23)21-16-8-6-7-9-18(16)27-5-2/h6-12H,4-5,13H2,1-3H3,(H,21,23). The number of anilines is 1. The minimum Gasteiger partial charge on any atom is -0.492 e. The number of hydrogen-bond acceptors (Lipinski definition) is 5. The number of likely N-dealkylation sites (N-methyl/N-ethyl adjacent to an activating group) is 1. The van der Waals surface area contributed by atoms with E-state index in [1.807, 2.05) is 6.92 Å². The highest BCUT2D eigenvalue weighted by Gasteiger charge is 2.24. The Morgan fingerprint density at radius 1 is 1.07 bits per heavy atom. The molecule has 0 radical (unpaired) electrons. The van der Waals surface area contributed by atoms with E-state index in [0.29, 0.717) is 30.4 Å². The third-order valence-corrected chi connectivity index (χ3v) is 5.83. The molecule has 1 N–H and O–H groups in total. The molecular weight excluding hydrogens is 404 g/mol. The number of hydrogen-bond donors (Lipinski definition) is 1. The van der Waals surface area contributed by atoms with Gasteiger partial charge < -0.3 is 14.8 Å². The summed E-state index contributed by atoms with van der Waals surface area (Å²) in [7, 11) is -2.57. The summed E-state index contributed by atoms with van der Waals surface area (Å²) in [5.41, 5.74) is 0.476. The van der Waals surface area contributed by atoms with Gasteiger partial charge in [-0.15, -0.1) is 0 Å². The molecule has 9 heteroatoms. The van der Waals surface area contributed by atoms with Gasteiger partial charge in [0.1, 0.15) is 11.5 Å². The van der Waals surface area contributed by atoms with Crippen molar-refractivity contribution in [1.82, 2.24) is 4.31 Å². The van der Waals surface area contributed by atoms with Gasteiger partial charge in [-0.25, -0.2) is 8.42 Å². The van der Waals surface area contributed by atoms with E-state index < -0.39 is 15.9 Å². The number of halogens is 1. The lowest BCUT2D eigenvalue weighted by Gasteiger charge is -2.18. The first-order chi connectivity index (χ1) is 13.3. The first-order valence-electron chi connectivity index (χ1n) is 8.70. The zero-order valence-corrected chi connectivity index (χ0v) is 17.5. The van der Waals surface area contributed by atoms with Crippen molar-refractivity contribution >= 4 is 33.2 Å². The number of para-hydroxylation sites is 2. The summed E-state index contributed by atoms with van der Waals surface area (Å²) in [4.78, 5) is 12.3. The third kappa shape index (κ3) is 5.37. The Kier molecular flexibility index (Phi) is 7.68.